The van der Waals surface area contributed by atoms with Crippen LogP contribution in [-0.4, -0.2) is 49.7 Å². The average molecular weight is 612 g/mol. The molecule has 16 heteroatoms. The summed E-state index contributed by atoms with van der Waals surface area (Å²) in [4.78, 5) is 31.4. The van der Waals surface area contributed by atoms with Crippen LogP contribution in [0.3, 0.4) is 0 Å². The van der Waals surface area contributed by atoms with E-state index in [9.17, 15) is 39.6 Å². The molecule has 2 heterocycles. The van der Waals surface area contributed by atoms with Gasteiger partial charge < -0.3 is 4.90 Å². The van der Waals surface area contributed by atoms with Crippen LogP contribution in [0.4, 0.5) is 29.3 Å². The normalized spacial score (nSPS) is 15.8. The molecule has 0 saturated carbocycles. The number of pyridine rings is 1. The van der Waals surface area contributed by atoms with E-state index in [1.54, 1.807) is 30.3 Å². The highest BCUT2D eigenvalue weighted by molar-refractivity contribution is 7.92. The number of rotatable bonds is 9. The lowest BCUT2D eigenvalue weighted by Crippen LogP contribution is -2.43. The predicted molar refractivity (Wildman–Crippen MR) is 142 cm³/mol. The van der Waals surface area contributed by atoms with Gasteiger partial charge in [-0.3, -0.25) is 14.5 Å². The fourth-order valence-electron chi connectivity index (χ4n) is 4.02. The van der Waals surface area contributed by atoms with Gasteiger partial charge in [0.2, 0.25) is 0 Å². The number of sulfone groups is 1. The maximum Gasteiger partial charge on any atom is 0.501 e. The Kier molecular flexibility index (Phi) is 7.86. The fraction of sp³-hybridized carbons (Fsp3) is 0.240. The maximum atomic E-state index is 13.4. The van der Waals surface area contributed by atoms with Gasteiger partial charge in [0.25, 0.3) is 26.0 Å². The molecule has 218 valence electrons. The van der Waals surface area contributed by atoms with Crippen LogP contribution in [0.5, 0.6) is 0 Å². The highest BCUT2D eigenvalue weighted by atomic mass is 32.2. The number of nitrogens with zero attached hydrogens (tertiary/aromatic N) is 3. The Morgan fingerprint density at radius 2 is 1.56 bits per heavy atom. The number of urea groups is 1. The van der Waals surface area contributed by atoms with Crippen molar-refractivity contribution in [2.75, 3.05) is 9.62 Å². The third kappa shape index (κ3) is 6.03. The van der Waals surface area contributed by atoms with Crippen molar-refractivity contribution in [2.45, 2.75) is 42.9 Å². The van der Waals surface area contributed by atoms with Gasteiger partial charge in [-0.2, -0.15) is 26.3 Å². The molecule has 0 radical (unpaired) electrons. The van der Waals surface area contributed by atoms with Crippen LogP contribution in [0.15, 0.2) is 78.0 Å². The summed E-state index contributed by atoms with van der Waals surface area (Å²) in [6.45, 7) is 2.66. The van der Waals surface area contributed by atoms with Crippen LogP contribution in [0.2, 0.25) is 0 Å². The maximum absolute atomic E-state index is 13.4. The zero-order chi connectivity index (χ0) is 30.2. The zero-order valence-electron chi connectivity index (χ0n) is 21.6. The van der Waals surface area contributed by atoms with Gasteiger partial charge in [-0.15, -0.1) is 0 Å². The van der Waals surface area contributed by atoms with Gasteiger partial charge in [-0.1, -0.05) is 30.3 Å². The molecule has 0 atom stereocenters. The van der Waals surface area contributed by atoms with Crippen molar-refractivity contribution in [3.05, 3.63) is 84.2 Å². The van der Waals surface area contributed by atoms with Crippen molar-refractivity contribution in [1.29, 1.82) is 0 Å². The van der Waals surface area contributed by atoms with Crippen molar-refractivity contribution in [3.63, 3.8) is 0 Å². The number of benzene rings is 2. The molecule has 2 aromatic carbocycles. The average Bonchev–Trinajstić information content (AvgIpc) is 3.07. The first-order valence-electron chi connectivity index (χ1n) is 11.9. The summed E-state index contributed by atoms with van der Waals surface area (Å²) in [6, 6.07) is 12.6. The molecule has 11 nitrogen and oxygen atoms in total. The molecular weight excluding hydrogens is 587 g/mol. The van der Waals surface area contributed by atoms with Crippen molar-refractivity contribution < 1.29 is 39.6 Å². The third-order valence-electron chi connectivity index (χ3n) is 6.33. The number of hydrogen-bond donors (Lipinski definition) is 2. The SMILES string of the molecule is CC1(C)C(=O)N(c2ccc(S(=O)(=O)C(F)(F)F)cc2)C(=O)N1Cc1ccncc1NS(=O)(=O)NCc1ccccc1. The zero-order valence-corrected chi connectivity index (χ0v) is 23.2. The van der Waals surface area contributed by atoms with Gasteiger partial charge in [-0.05, 0) is 55.3 Å². The van der Waals surface area contributed by atoms with Gasteiger partial charge in [0.1, 0.15) is 5.54 Å². The van der Waals surface area contributed by atoms with Crippen molar-refractivity contribution in [3.8, 4) is 0 Å². The lowest BCUT2D eigenvalue weighted by Gasteiger charge is -2.28. The number of alkyl halides is 3. The van der Waals surface area contributed by atoms with Crippen molar-refractivity contribution >= 4 is 43.4 Å². The van der Waals surface area contributed by atoms with Crippen molar-refractivity contribution in [1.82, 2.24) is 14.6 Å². The second kappa shape index (κ2) is 10.8. The molecule has 0 aliphatic carbocycles. The monoisotopic (exact) mass is 611 g/mol. The molecule has 41 heavy (non-hydrogen) atoms. The Morgan fingerprint density at radius 3 is 2.17 bits per heavy atom. The van der Waals surface area contributed by atoms with Gasteiger partial charge in [-0.25, -0.2) is 18.1 Å². The number of amides is 3. The van der Waals surface area contributed by atoms with E-state index in [1.807, 2.05) is 0 Å². The van der Waals surface area contributed by atoms with E-state index < -0.39 is 47.9 Å². The fourth-order valence-corrected chi connectivity index (χ4v) is 5.68. The number of carbonyl (C=O) groups is 2. The summed E-state index contributed by atoms with van der Waals surface area (Å²) >= 11 is 0. The number of anilines is 2. The summed E-state index contributed by atoms with van der Waals surface area (Å²) < 4.78 is 92.2. The summed E-state index contributed by atoms with van der Waals surface area (Å²) in [5.41, 5.74) is -6.06. The lowest BCUT2D eigenvalue weighted by molar-refractivity contribution is -0.123. The molecule has 0 unspecified atom stereocenters. The second-order valence-electron chi connectivity index (χ2n) is 9.46. The number of aromatic nitrogens is 1. The molecule has 2 N–H and O–H groups in total. The van der Waals surface area contributed by atoms with E-state index in [2.05, 4.69) is 14.4 Å². The molecule has 1 saturated heterocycles. The van der Waals surface area contributed by atoms with E-state index in [1.165, 1.54) is 32.3 Å². The molecule has 4 rings (SSSR count). The largest absolute Gasteiger partial charge is 0.501 e. The van der Waals surface area contributed by atoms with Crippen LogP contribution in [0.1, 0.15) is 25.0 Å². The Hall–Kier alpha value is -4.02. The van der Waals surface area contributed by atoms with E-state index in [4.69, 9.17) is 0 Å². The minimum absolute atomic E-state index is 0.00986. The van der Waals surface area contributed by atoms with Gasteiger partial charge in [0, 0.05) is 12.7 Å². The molecule has 1 fully saturated rings. The van der Waals surface area contributed by atoms with Gasteiger partial charge in [0.05, 0.1) is 29.0 Å². The molecule has 0 spiro atoms. The highest BCUT2D eigenvalue weighted by Crippen LogP contribution is 2.36. The summed E-state index contributed by atoms with van der Waals surface area (Å²) in [6.07, 6.45) is 2.61. The smallest absolute Gasteiger partial charge is 0.305 e. The first-order chi connectivity index (χ1) is 19.0. The number of hydrogen-bond acceptors (Lipinski definition) is 7. The molecule has 1 aromatic heterocycles. The van der Waals surface area contributed by atoms with Crippen molar-refractivity contribution in [2.24, 2.45) is 0 Å². The number of imide groups is 1. The Bertz CT molecular complexity index is 1680. The molecular formula is C25H24F3N5O6S2. The van der Waals surface area contributed by atoms with E-state index >= 15 is 0 Å². The topological polar surface area (TPSA) is 146 Å². The summed E-state index contributed by atoms with van der Waals surface area (Å²) in [5.74, 6) is -0.727. The Balaban J connectivity index is 1.56. The van der Waals surface area contributed by atoms with Crippen LogP contribution in [0.25, 0.3) is 0 Å². The van der Waals surface area contributed by atoms with E-state index in [-0.39, 0.29) is 24.5 Å². The van der Waals surface area contributed by atoms with Crippen LogP contribution < -0.4 is 14.3 Å². The summed E-state index contributed by atoms with van der Waals surface area (Å²) in [7, 11) is -9.70. The number of nitrogens with one attached hydrogen (secondary N) is 2. The van der Waals surface area contributed by atoms with Crippen LogP contribution in [0, 0.1) is 0 Å². The predicted octanol–water partition coefficient (Wildman–Crippen LogP) is 3.57. The highest BCUT2D eigenvalue weighted by Gasteiger charge is 2.52. The molecule has 0 bridgehead atoms. The lowest BCUT2D eigenvalue weighted by atomic mass is 10.0. The van der Waals surface area contributed by atoms with E-state index in [0.29, 0.717) is 17.7 Å². The minimum Gasteiger partial charge on any atom is -0.305 e. The third-order valence-corrected chi connectivity index (χ3v) is 8.84. The van der Waals surface area contributed by atoms with Crippen LogP contribution in [-0.2, 0) is 37.9 Å². The summed E-state index contributed by atoms with van der Waals surface area (Å²) in [5, 5.41) is 0. The first-order valence-corrected chi connectivity index (χ1v) is 14.8. The van der Waals surface area contributed by atoms with Gasteiger partial charge >= 0.3 is 11.5 Å². The molecule has 3 amide bonds. The van der Waals surface area contributed by atoms with Crippen LogP contribution >= 0.6 is 0 Å². The minimum atomic E-state index is -5.62. The van der Waals surface area contributed by atoms with E-state index in [0.717, 1.165) is 27.5 Å². The number of carbonyl (C=O) groups excluding carboxylic acids is 2. The standard InChI is InChI=1S/C25H24F3N5O6S2/c1-24(2)22(34)33(19-8-10-20(11-9-19)40(36,37)25(26,27)28)23(35)32(24)16-18-12-13-29-15-21(18)31-41(38,39)30-14-17-6-4-3-5-7-17/h3-13,15,30-31H,14,16H2,1-2H3. The molecule has 3 aromatic rings. The van der Waals surface area contributed by atoms with Gasteiger partial charge in [0.15, 0.2) is 0 Å². The molecule has 1 aliphatic rings. The number of halogens is 3. The quantitative estimate of drug-likeness (QED) is 0.352. The first kappa shape index (κ1) is 30.0. The Labute approximate surface area is 234 Å². The Morgan fingerprint density at radius 1 is 0.927 bits per heavy atom. The molecule has 1 aliphatic heterocycles. The second-order valence-corrected chi connectivity index (χ2v) is 12.9.